The van der Waals surface area contributed by atoms with Crippen LogP contribution in [-0.2, 0) is 6.42 Å². The molecule has 0 radical (unpaired) electrons. The van der Waals surface area contributed by atoms with Gasteiger partial charge in [-0.05, 0) is 118 Å². The zero-order chi connectivity index (χ0) is 29.7. The predicted molar refractivity (Wildman–Crippen MR) is 187 cm³/mol. The quantitative estimate of drug-likeness (QED) is 0.196. The van der Waals surface area contributed by atoms with E-state index in [1.807, 2.05) is 11.8 Å². The summed E-state index contributed by atoms with van der Waals surface area (Å²) < 4.78 is 4.89. The van der Waals surface area contributed by atoms with Gasteiger partial charge in [-0.15, -0.1) is 0 Å². The van der Waals surface area contributed by atoms with E-state index in [1.54, 1.807) is 0 Å². The fourth-order valence-corrected chi connectivity index (χ4v) is 8.37. The van der Waals surface area contributed by atoms with Crippen molar-refractivity contribution in [1.29, 1.82) is 0 Å². The average molecular weight is 585 g/mol. The van der Waals surface area contributed by atoms with Crippen molar-refractivity contribution in [3.63, 3.8) is 0 Å². The Hall–Kier alpha value is -4.73. The molecule has 3 heteroatoms. The lowest BCUT2D eigenvalue weighted by atomic mass is 10.0. The SMILES string of the molecule is Cc1ccc2c(c1)c1cc(C)ccc1n2-c1ccc2c(c1)Sc1cc(-n3c4ccc(C)cc4c4cc(C)ccc43)ccc1C2. The van der Waals surface area contributed by atoms with Crippen LogP contribution in [0.1, 0.15) is 33.4 Å². The minimum absolute atomic E-state index is 0.954. The van der Waals surface area contributed by atoms with E-state index in [-0.39, 0.29) is 0 Å². The van der Waals surface area contributed by atoms with Crippen LogP contribution >= 0.6 is 11.8 Å². The van der Waals surface area contributed by atoms with Crippen molar-refractivity contribution in [1.82, 2.24) is 9.13 Å². The highest BCUT2D eigenvalue weighted by Crippen LogP contribution is 2.43. The van der Waals surface area contributed by atoms with E-state index in [9.17, 15) is 0 Å². The molecule has 1 aliphatic rings. The van der Waals surface area contributed by atoms with E-state index in [0.717, 1.165) is 6.42 Å². The second kappa shape index (κ2) is 9.38. The fraction of sp³-hybridized carbons (Fsp3) is 0.122. The maximum Gasteiger partial charge on any atom is 0.0541 e. The van der Waals surface area contributed by atoms with Crippen LogP contribution in [0, 0.1) is 27.7 Å². The summed E-state index contributed by atoms with van der Waals surface area (Å²) in [7, 11) is 0. The largest absolute Gasteiger partial charge is 0.309 e. The summed E-state index contributed by atoms with van der Waals surface area (Å²) >= 11 is 1.91. The van der Waals surface area contributed by atoms with Gasteiger partial charge in [0.2, 0.25) is 0 Å². The summed E-state index contributed by atoms with van der Waals surface area (Å²) in [6.07, 6.45) is 0.954. The number of aromatic nitrogens is 2. The van der Waals surface area contributed by atoms with Gasteiger partial charge in [0.05, 0.1) is 22.1 Å². The third-order valence-electron chi connectivity index (χ3n) is 9.37. The maximum absolute atomic E-state index is 2.44. The second-order valence-corrected chi connectivity index (χ2v) is 13.7. The normalized spacial score (nSPS) is 12.8. The Labute approximate surface area is 261 Å². The monoisotopic (exact) mass is 584 g/mol. The number of nitrogens with zero attached hydrogens (tertiary/aromatic N) is 2. The van der Waals surface area contributed by atoms with Crippen LogP contribution in [0.15, 0.2) is 119 Å². The topological polar surface area (TPSA) is 9.86 Å². The van der Waals surface area contributed by atoms with Crippen molar-refractivity contribution in [3.8, 4) is 11.4 Å². The third-order valence-corrected chi connectivity index (χ3v) is 10.6. The lowest BCUT2D eigenvalue weighted by Gasteiger charge is -2.22. The van der Waals surface area contributed by atoms with E-state index in [4.69, 9.17) is 0 Å². The third kappa shape index (κ3) is 3.82. The second-order valence-electron chi connectivity index (χ2n) is 12.6. The smallest absolute Gasteiger partial charge is 0.0541 e. The Bertz CT molecular complexity index is 2200. The zero-order valence-corrected chi connectivity index (χ0v) is 26.2. The molecule has 0 N–H and O–H groups in total. The molecule has 0 fully saturated rings. The first-order valence-corrected chi connectivity index (χ1v) is 16.2. The lowest BCUT2D eigenvalue weighted by Crippen LogP contribution is -2.03. The van der Waals surface area contributed by atoms with E-state index in [1.165, 1.54) is 98.2 Å². The van der Waals surface area contributed by atoms with E-state index in [2.05, 4.69) is 146 Å². The van der Waals surface area contributed by atoms with Crippen LogP contribution in [0.3, 0.4) is 0 Å². The first-order chi connectivity index (χ1) is 21.4. The number of fused-ring (bicyclic) bond motifs is 8. The molecular formula is C41H32N2S. The van der Waals surface area contributed by atoms with Crippen LogP contribution in [0.25, 0.3) is 55.0 Å². The Kier molecular flexibility index (Phi) is 5.49. The van der Waals surface area contributed by atoms with E-state index in [0.29, 0.717) is 0 Å². The van der Waals surface area contributed by atoms with Crippen LogP contribution in [0.4, 0.5) is 0 Å². The zero-order valence-electron chi connectivity index (χ0n) is 25.4. The van der Waals surface area contributed by atoms with Gasteiger partial charge < -0.3 is 9.13 Å². The van der Waals surface area contributed by atoms with E-state index < -0.39 is 0 Å². The van der Waals surface area contributed by atoms with Crippen molar-refractivity contribution in [2.24, 2.45) is 0 Å². The van der Waals surface area contributed by atoms with Crippen molar-refractivity contribution >= 4 is 55.4 Å². The summed E-state index contributed by atoms with van der Waals surface area (Å²) in [5.41, 5.74) is 15.4. The standard InChI is InChI=1S/C41H32N2S/c1-24-5-13-36-32(17-24)33-18-25(2)6-14-37(33)42(36)30-11-9-28-21-29-10-12-31(23-41(29)44-40(28)22-30)43-38-15-7-26(3)19-34(38)35-20-27(4)8-16-39(35)43/h5-20,22-23H,21H2,1-4H3. The maximum atomic E-state index is 2.44. The molecule has 0 aliphatic carbocycles. The van der Waals surface area contributed by atoms with Gasteiger partial charge in [-0.25, -0.2) is 0 Å². The molecule has 8 aromatic rings. The Morgan fingerprint density at radius 2 is 0.750 bits per heavy atom. The predicted octanol–water partition coefficient (Wildman–Crippen LogP) is 11.2. The Morgan fingerprint density at radius 1 is 0.409 bits per heavy atom. The fourth-order valence-electron chi connectivity index (χ4n) is 7.23. The molecule has 0 saturated heterocycles. The van der Waals surface area contributed by atoms with Gasteiger partial charge in [0.1, 0.15) is 0 Å². The van der Waals surface area contributed by atoms with Crippen LogP contribution < -0.4 is 0 Å². The number of rotatable bonds is 2. The lowest BCUT2D eigenvalue weighted by molar-refractivity contribution is 1.03. The molecule has 0 unspecified atom stereocenters. The van der Waals surface area contributed by atoms with Crippen LogP contribution in [0.2, 0.25) is 0 Å². The van der Waals surface area contributed by atoms with Gasteiger partial charge in [0.25, 0.3) is 0 Å². The molecule has 212 valence electrons. The highest BCUT2D eigenvalue weighted by molar-refractivity contribution is 7.99. The summed E-state index contributed by atoms with van der Waals surface area (Å²) in [6.45, 7) is 8.73. The van der Waals surface area contributed by atoms with E-state index >= 15 is 0 Å². The summed E-state index contributed by atoms with van der Waals surface area (Å²) in [5.74, 6) is 0. The highest BCUT2D eigenvalue weighted by Gasteiger charge is 2.21. The molecule has 0 spiro atoms. The number of benzene rings is 6. The minimum Gasteiger partial charge on any atom is -0.309 e. The molecule has 0 saturated carbocycles. The first-order valence-electron chi connectivity index (χ1n) is 15.4. The molecule has 44 heavy (non-hydrogen) atoms. The van der Waals surface area contributed by atoms with Crippen molar-refractivity contribution < 1.29 is 0 Å². The number of hydrogen-bond acceptors (Lipinski definition) is 1. The van der Waals surface area contributed by atoms with Gasteiger partial charge in [0, 0.05) is 42.7 Å². The Balaban J connectivity index is 1.18. The molecule has 1 aliphatic heterocycles. The van der Waals surface area contributed by atoms with Crippen LogP contribution in [-0.4, -0.2) is 9.13 Å². The number of aryl methyl sites for hydroxylation is 4. The molecule has 0 bridgehead atoms. The molecule has 9 rings (SSSR count). The van der Waals surface area contributed by atoms with Crippen molar-refractivity contribution in [3.05, 3.63) is 143 Å². The van der Waals surface area contributed by atoms with Gasteiger partial charge in [0.15, 0.2) is 0 Å². The molecule has 2 nitrogen and oxygen atoms in total. The number of hydrogen-bond donors (Lipinski definition) is 0. The van der Waals surface area contributed by atoms with Gasteiger partial charge in [-0.1, -0.05) is 70.4 Å². The molecule has 0 amide bonds. The minimum atomic E-state index is 0.954. The van der Waals surface area contributed by atoms with Gasteiger partial charge in [-0.2, -0.15) is 0 Å². The molecule has 6 aromatic carbocycles. The summed E-state index contributed by atoms with van der Waals surface area (Å²) in [5, 5.41) is 5.28. The summed E-state index contributed by atoms with van der Waals surface area (Å²) in [4.78, 5) is 2.68. The van der Waals surface area contributed by atoms with Crippen molar-refractivity contribution in [2.75, 3.05) is 0 Å². The molecule has 2 aromatic heterocycles. The average Bonchev–Trinajstić information content (AvgIpc) is 3.50. The van der Waals surface area contributed by atoms with Gasteiger partial charge in [-0.3, -0.25) is 0 Å². The molecule has 3 heterocycles. The molecule has 0 atom stereocenters. The first kappa shape index (κ1) is 25.7. The molecular weight excluding hydrogens is 553 g/mol. The van der Waals surface area contributed by atoms with Crippen LogP contribution in [0.5, 0.6) is 0 Å². The van der Waals surface area contributed by atoms with Gasteiger partial charge >= 0.3 is 0 Å². The summed E-state index contributed by atoms with van der Waals surface area (Å²) in [6, 6.07) is 41.4. The highest BCUT2D eigenvalue weighted by atomic mass is 32.2. The Morgan fingerprint density at radius 3 is 1.09 bits per heavy atom. The van der Waals surface area contributed by atoms with Crippen molar-refractivity contribution in [2.45, 2.75) is 43.9 Å².